The lowest BCUT2D eigenvalue weighted by Gasteiger charge is -2.36. The zero-order valence-corrected chi connectivity index (χ0v) is 35.8. The average molecular weight is 835 g/mol. The molecule has 1 saturated carbocycles. The molecule has 4 N–H and O–H groups in total. The van der Waals surface area contributed by atoms with Gasteiger partial charge in [0.1, 0.15) is 27.7 Å². The number of hydrogen-bond acceptors (Lipinski definition) is 10. The van der Waals surface area contributed by atoms with Crippen LogP contribution >= 0.6 is 0 Å². The largest absolute Gasteiger partial charge is 0.371 e. The highest BCUT2D eigenvalue weighted by Crippen LogP contribution is 2.33. The lowest BCUT2D eigenvalue weighted by atomic mass is 9.82. The van der Waals surface area contributed by atoms with Gasteiger partial charge in [-0.15, -0.1) is 0 Å². The topological polar surface area (TPSA) is 216 Å². The molecule has 58 heavy (non-hydrogen) atoms. The third-order valence-electron chi connectivity index (χ3n) is 10.8. The van der Waals surface area contributed by atoms with Crippen molar-refractivity contribution in [2.75, 3.05) is 18.6 Å². The molecule has 1 saturated heterocycles. The summed E-state index contributed by atoms with van der Waals surface area (Å²) < 4.78 is 44.5. The van der Waals surface area contributed by atoms with E-state index in [1.54, 1.807) is 20.8 Å². The van der Waals surface area contributed by atoms with Gasteiger partial charge in [-0.3, -0.25) is 33.6 Å². The number of sulfone groups is 1. The summed E-state index contributed by atoms with van der Waals surface area (Å²) in [5.74, 6) is -8.44. The summed E-state index contributed by atoms with van der Waals surface area (Å²) in [7, 11) is -3.53. The van der Waals surface area contributed by atoms with Gasteiger partial charge >= 0.3 is 0 Å². The maximum Gasteiger partial charge on any atom is 0.246 e. The third-order valence-corrected chi connectivity index (χ3v) is 11.8. The Labute approximate surface area is 342 Å². The minimum atomic E-state index is -3.53. The molecule has 2 aliphatic rings. The van der Waals surface area contributed by atoms with E-state index >= 15 is 0 Å². The van der Waals surface area contributed by atoms with Crippen LogP contribution in [0.25, 0.3) is 0 Å². The first-order chi connectivity index (χ1) is 27.0. The minimum absolute atomic E-state index is 0.0465. The van der Waals surface area contributed by atoms with E-state index in [1.807, 2.05) is 20.8 Å². The monoisotopic (exact) mass is 834 g/mol. The van der Waals surface area contributed by atoms with E-state index < -0.39 is 111 Å². The molecule has 16 heteroatoms. The molecule has 2 fully saturated rings. The molecule has 1 aromatic rings. The first kappa shape index (κ1) is 48.3. The number of hydrogen-bond donors (Lipinski definition) is 3. The van der Waals surface area contributed by atoms with Gasteiger partial charge in [-0.2, -0.15) is 0 Å². The molecule has 14 nitrogen and oxygen atoms in total. The molecule has 0 bridgehead atoms. The molecule has 0 radical (unpaired) electrons. The Kier molecular flexibility index (Phi) is 17.7. The van der Waals surface area contributed by atoms with Crippen LogP contribution in [0.2, 0.25) is 0 Å². The van der Waals surface area contributed by atoms with Crippen molar-refractivity contribution in [2.24, 2.45) is 29.4 Å². The van der Waals surface area contributed by atoms with Crippen molar-refractivity contribution in [3.05, 3.63) is 35.6 Å². The van der Waals surface area contributed by atoms with Gasteiger partial charge in [0.2, 0.25) is 29.4 Å². The molecule has 3 rings (SSSR count). The molecule has 1 aliphatic carbocycles. The molecular formula is C42H63FN4O10S. The number of ketones is 3. The van der Waals surface area contributed by atoms with Crippen molar-refractivity contribution < 1.29 is 51.1 Å². The van der Waals surface area contributed by atoms with Crippen molar-refractivity contribution in [2.45, 2.75) is 142 Å². The second kappa shape index (κ2) is 21.3. The zero-order chi connectivity index (χ0) is 43.5. The van der Waals surface area contributed by atoms with E-state index in [0.717, 1.165) is 37.7 Å². The number of rotatable bonds is 21. The zero-order valence-electron chi connectivity index (χ0n) is 35.0. The molecular weight excluding hydrogens is 772 g/mol. The smallest absolute Gasteiger partial charge is 0.246 e. The summed E-state index contributed by atoms with van der Waals surface area (Å²) in [5, 5.41) is 5.30. The first-order valence-electron chi connectivity index (χ1n) is 20.4. The van der Waals surface area contributed by atoms with Crippen molar-refractivity contribution in [3.8, 4) is 0 Å². The third kappa shape index (κ3) is 14.6. The lowest BCUT2D eigenvalue weighted by Crippen LogP contribution is -2.56. The fourth-order valence-corrected chi connectivity index (χ4v) is 9.17. The molecule has 4 amide bonds. The van der Waals surface area contributed by atoms with Gasteiger partial charge in [0.25, 0.3) is 0 Å². The Morgan fingerprint density at radius 2 is 1.66 bits per heavy atom. The molecule has 1 heterocycles. The Morgan fingerprint density at radius 1 is 1.00 bits per heavy atom. The van der Waals surface area contributed by atoms with E-state index in [4.69, 9.17) is 10.5 Å². The highest BCUT2D eigenvalue weighted by molar-refractivity contribution is 7.90. The highest BCUT2D eigenvalue weighted by atomic mass is 32.2. The average Bonchev–Trinajstić information content (AvgIpc) is 3.55. The van der Waals surface area contributed by atoms with Crippen LogP contribution in [0.3, 0.4) is 0 Å². The van der Waals surface area contributed by atoms with Gasteiger partial charge in [-0.25, -0.2) is 12.8 Å². The van der Waals surface area contributed by atoms with Gasteiger partial charge in [-0.1, -0.05) is 58.6 Å². The number of carbonyl (C=O) groups is 7. The van der Waals surface area contributed by atoms with Crippen molar-refractivity contribution >= 4 is 50.8 Å². The predicted molar refractivity (Wildman–Crippen MR) is 215 cm³/mol. The van der Waals surface area contributed by atoms with Crippen molar-refractivity contribution in [1.82, 2.24) is 15.5 Å². The number of nitrogens with one attached hydrogen (secondary N) is 2. The molecule has 6 atom stereocenters. The van der Waals surface area contributed by atoms with Gasteiger partial charge < -0.3 is 26.0 Å². The first-order valence-corrected chi connectivity index (χ1v) is 22.5. The van der Waals surface area contributed by atoms with E-state index in [-0.39, 0.29) is 49.0 Å². The molecule has 2 unspecified atom stereocenters. The molecule has 324 valence electrons. The summed E-state index contributed by atoms with van der Waals surface area (Å²) in [5.41, 5.74) is 4.91. The maximum atomic E-state index is 14.7. The highest BCUT2D eigenvalue weighted by Gasteiger charge is 2.46. The number of carbonyl (C=O) groups excluding carboxylic acids is 7. The standard InChI is InChI=1S/C42H63FN4O10S/c1-8-13-28(38(51)33(48)18-19-35(50)45-36(39(44)52)27-16-12-17-29(43)20-27)21-34(49)32-22-30(57-42(4,5)6)23-47(32)41(54)37(26-14-10-9-11-15-26)46-40(53)31(25(2)3)24-58(7,55)56/h12,16-17,20,25-26,28,30-32,36-37H,8-11,13-15,18-19,21-24H2,1-7H3,(H2,44,52)(H,45,50)(H,46,53)/t28?,30-,31+,32+,36?,37+/m1/s1. The SMILES string of the molecule is CCCC(CC(=O)[C@@H]1C[C@@H](OC(C)(C)C)CN1C(=O)[C@@H](NC(=O)[C@@H](CS(C)(=O)=O)C(C)C)C1CCCCC1)C(=O)C(=O)CCC(=O)NC(C(N)=O)c1cccc(F)c1. The van der Waals surface area contributed by atoms with E-state index in [2.05, 4.69) is 10.6 Å². The number of ether oxygens (including phenoxy) is 1. The number of primary amides is 1. The van der Waals surface area contributed by atoms with Crippen LogP contribution < -0.4 is 16.4 Å². The Hall–Kier alpha value is -4.05. The number of amides is 4. The van der Waals surface area contributed by atoms with Crippen LogP contribution in [0.4, 0.5) is 4.39 Å². The molecule has 1 aromatic carbocycles. The van der Waals surface area contributed by atoms with Crippen LogP contribution in [0, 0.1) is 29.5 Å². The van der Waals surface area contributed by atoms with Gasteiger partial charge in [0.15, 0.2) is 11.6 Å². The second-order valence-electron chi connectivity index (χ2n) is 17.3. The number of Topliss-reactive ketones (excluding diaryl/α,β-unsaturated/α-hetero) is 3. The van der Waals surface area contributed by atoms with Crippen LogP contribution in [0.15, 0.2) is 24.3 Å². The maximum absolute atomic E-state index is 14.7. The van der Waals surface area contributed by atoms with Crippen LogP contribution in [-0.4, -0.2) is 96.6 Å². The summed E-state index contributed by atoms with van der Waals surface area (Å²) in [6, 6.07) is 1.55. The molecule has 0 spiro atoms. The van der Waals surface area contributed by atoms with E-state index in [1.165, 1.54) is 17.0 Å². The van der Waals surface area contributed by atoms with E-state index in [0.29, 0.717) is 19.3 Å². The number of nitrogens with two attached hydrogens (primary N) is 1. The van der Waals surface area contributed by atoms with Gasteiger partial charge in [-0.05, 0) is 69.6 Å². The minimum Gasteiger partial charge on any atom is -0.371 e. The van der Waals surface area contributed by atoms with Gasteiger partial charge in [0, 0.05) is 44.4 Å². The summed E-state index contributed by atoms with van der Waals surface area (Å²) in [4.78, 5) is 95.7. The fourth-order valence-electron chi connectivity index (χ4n) is 7.99. The summed E-state index contributed by atoms with van der Waals surface area (Å²) >= 11 is 0. The van der Waals surface area contributed by atoms with Crippen LogP contribution in [-0.2, 0) is 48.1 Å². The lowest BCUT2D eigenvalue weighted by molar-refractivity contribution is -0.144. The summed E-state index contributed by atoms with van der Waals surface area (Å²) in [6.45, 7) is 10.9. The summed E-state index contributed by atoms with van der Waals surface area (Å²) in [6.07, 6.45) is 3.92. The fraction of sp³-hybridized carbons (Fsp3) is 0.690. The predicted octanol–water partition coefficient (Wildman–Crippen LogP) is 3.93. The quantitative estimate of drug-likeness (QED) is 0.152. The number of nitrogens with zero attached hydrogens (tertiary/aromatic N) is 1. The number of likely N-dealkylation sites (tertiary alicyclic amines) is 1. The Morgan fingerprint density at radius 3 is 2.21 bits per heavy atom. The van der Waals surface area contributed by atoms with E-state index in [9.17, 15) is 46.4 Å². The van der Waals surface area contributed by atoms with Crippen LogP contribution in [0.5, 0.6) is 0 Å². The van der Waals surface area contributed by atoms with Crippen molar-refractivity contribution in [3.63, 3.8) is 0 Å². The molecule has 0 aromatic heterocycles. The normalized spacial score (nSPS) is 19.8. The van der Waals surface area contributed by atoms with Crippen LogP contribution in [0.1, 0.15) is 124 Å². The molecule has 1 aliphatic heterocycles. The van der Waals surface area contributed by atoms with Gasteiger partial charge in [0.05, 0.1) is 29.4 Å². The second-order valence-corrected chi connectivity index (χ2v) is 19.5. The number of benzene rings is 1. The van der Waals surface area contributed by atoms with Crippen molar-refractivity contribution in [1.29, 1.82) is 0 Å². The number of halogens is 1. The Bertz CT molecular complexity index is 1770. The Balaban J connectivity index is 1.82.